The summed E-state index contributed by atoms with van der Waals surface area (Å²) >= 11 is 0. The molecule has 178 valence electrons. The second kappa shape index (κ2) is 10.6. The van der Waals surface area contributed by atoms with E-state index in [9.17, 15) is 18.0 Å². The summed E-state index contributed by atoms with van der Waals surface area (Å²) in [6.07, 6.45) is 1.62. The Morgan fingerprint density at radius 1 is 0.971 bits per heavy atom. The highest BCUT2D eigenvalue weighted by Crippen LogP contribution is 2.21. The van der Waals surface area contributed by atoms with E-state index in [-0.39, 0.29) is 30.2 Å². The van der Waals surface area contributed by atoms with Crippen molar-refractivity contribution < 1.29 is 27.2 Å². The van der Waals surface area contributed by atoms with Gasteiger partial charge in [0.05, 0.1) is 24.4 Å². The van der Waals surface area contributed by atoms with Crippen molar-refractivity contribution in [1.29, 1.82) is 0 Å². The average Bonchev–Trinajstić information content (AvgIpc) is 3.40. The number of nitrogens with one attached hydrogen (secondary N) is 2. The second-order valence-electron chi connectivity index (χ2n) is 7.73. The van der Waals surface area contributed by atoms with Gasteiger partial charge in [-0.1, -0.05) is 36.4 Å². The van der Waals surface area contributed by atoms with Crippen LogP contribution in [0, 0.1) is 0 Å². The minimum absolute atomic E-state index is 0.0754. The number of rotatable bonds is 8. The number of anilines is 1. The van der Waals surface area contributed by atoms with Gasteiger partial charge in [0.15, 0.2) is 5.76 Å². The average molecular weight is 484 g/mol. The van der Waals surface area contributed by atoms with Crippen LogP contribution in [0.2, 0.25) is 0 Å². The molecular weight excluding hydrogens is 458 g/mol. The SMILES string of the molecule is O=C(NC(Cc1ccccc1)C(=O)Nc1cccc(S(=O)(=O)N2CCOCC2)c1)c1ccco1. The summed E-state index contributed by atoms with van der Waals surface area (Å²) in [4.78, 5) is 25.8. The quantitative estimate of drug-likeness (QED) is 0.508. The lowest BCUT2D eigenvalue weighted by Gasteiger charge is -2.26. The predicted molar refractivity (Wildman–Crippen MR) is 125 cm³/mol. The standard InChI is InChI=1S/C24H25N3O6S/c28-23(21(16-18-6-2-1-3-7-18)26-24(29)22-10-5-13-33-22)25-19-8-4-9-20(17-19)34(30,31)27-11-14-32-15-12-27/h1-10,13,17,21H,11-12,14-16H2,(H,25,28)(H,26,29). The Balaban J connectivity index is 1.52. The summed E-state index contributed by atoms with van der Waals surface area (Å²) in [7, 11) is -3.72. The van der Waals surface area contributed by atoms with Crippen LogP contribution in [0.4, 0.5) is 5.69 Å². The summed E-state index contributed by atoms with van der Waals surface area (Å²) in [5.74, 6) is -0.918. The Bertz CT molecular complexity index is 1220. The molecule has 1 aliphatic heterocycles. The number of amides is 2. The highest BCUT2D eigenvalue weighted by atomic mass is 32.2. The van der Waals surface area contributed by atoms with Crippen molar-refractivity contribution in [2.24, 2.45) is 0 Å². The van der Waals surface area contributed by atoms with Crippen LogP contribution in [0.1, 0.15) is 16.1 Å². The van der Waals surface area contributed by atoms with Gasteiger partial charge in [-0.15, -0.1) is 0 Å². The Labute approximate surface area is 197 Å². The molecule has 1 saturated heterocycles. The molecule has 0 saturated carbocycles. The molecule has 1 atom stereocenters. The van der Waals surface area contributed by atoms with Gasteiger partial charge in [-0.25, -0.2) is 8.42 Å². The Morgan fingerprint density at radius 2 is 1.74 bits per heavy atom. The Kier molecular flexibility index (Phi) is 7.41. The molecule has 0 spiro atoms. The van der Waals surface area contributed by atoms with Crippen molar-refractivity contribution in [3.8, 4) is 0 Å². The van der Waals surface area contributed by atoms with Crippen LogP contribution >= 0.6 is 0 Å². The van der Waals surface area contributed by atoms with Crippen LogP contribution in [-0.4, -0.2) is 56.9 Å². The van der Waals surface area contributed by atoms with E-state index in [1.807, 2.05) is 30.3 Å². The number of hydrogen-bond acceptors (Lipinski definition) is 6. The lowest BCUT2D eigenvalue weighted by atomic mass is 10.0. The first kappa shape index (κ1) is 23.7. The largest absolute Gasteiger partial charge is 0.459 e. The third-order valence-corrected chi connectivity index (χ3v) is 7.25. The maximum atomic E-state index is 13.2. The fourth-order valence-electron chi connectivity index (χ4n) is 3.60. The van der Waals surface area contributed by atoms with E-state index in [1.165, 1.54) is 28.8 Å². The molecule has 9 nitrogen and oxygen atoms in total. The van der Waals surface area contributed by atoms with E-state index in [2.05, 4.69) is 10.6 Å². The van der Waals surface area contributed by atoms with Crippen molar-refractivity contribution in [3.05, 3.63) is 84.3 Å². The second-order valence-corrected chi connectivity index (χ2v) is 9.66. The van der Waals surface area contributed by atoms with Crippen LogP contribution in [0.25, 0.3) is 0 Å². The zero-order valence-corrected chi connectivity index (χ0v) is 19.2. The maximum absolute atomic E-state index is 13.2. The minimum atomic E-state index is -3.72. The maximum Gasteiger partial charge on any atom is 0.287 e. The number of nitrogens with zero attached hydrogens (tertiary/aromatic N) is 1. The molecule has 2 heterocycles. The van der Waals surface area contributed by atoms with Crippen LogP contribution in [-0.2, 0) is 26.0 Å². The first-order valence-electron chi connectivity index (χ1n) is 10.8. The molecule has 0 aliphatic carbocycles. The van der Waals surface area contributed by atoms with Crippen LogP contribution < -0.4 is 10.6 Å². The van der Waals surface area contributed by atoms with Gasteiger partial charge in [-0.2, -0.15) is 4.31 Å². The van der Waals surface area contributed by atoms with Gasteiger partial charge < -0.3 is 19.8 Å². The van der Waals surface area contributed by atoms with E-state index in [4.69, 9.17) is 9.15 Å². The molecule has 0 radical (unpaired) electrons. The smallest absolute Gasteiger partial charge is 0.287 e. The van der Waals surface area contributed by atoms with Crippen molar-refractivity contribution in [2.75, 3.05) is 31.6 Å². The molecule has 1 aliphatic rings. The summed E-state index contributed by atoms with van der Waals surface area (Å²) in [5, 5.41) is 5.44. The molecule has 4 rings (SSSR count). The summed E-state index contributed by atoms with van der Waals surface area (Å²) in [6, 6.07) is 17.5. The van der Waals surface area contributed by atoms with Gasteiger partial charge >= 0.3 is 0 Å². The predicted octanol–water partition coefficient (Wildman–Crippen LogP) is 2.28. The van der Waals surface area contributed by atoms with Gasteiger partial charge in [-0.05, 0) is 35.9 Å². The third-order valence-electron chi connectivity index (χ3n) is 5.36. The number of carbonyl (C=O) groups is 2. The van der Waals surface area contributed by atoms with E-state index in [0.717, 1.165) is 5.56 Å². The monoisotopic (exact) mass is 483 g/mol. The molecule has 1 aromatic heterocycles. The summed E-state index contributed by atoms with van der Waals surface area (Å²) in [5.41, 5.74) is 1.16. The zero-order chi connectivity index (χ0) is 24.0. The molecule has 1 unspecified atom stereocenters. The topological polar surface area (TPSA) is 118 Å². The van der Waals surface area contributed by atoms with Crippen LogP contribution in [0.15, 0.2) is 82.3 Å². The number of hydrogen-bond donors (Lipinski definition) is 2. The Hall–Kier alpha value is -3.47. The van der Waals surface area contributed by atoms with Crippen LogP contribution in [0.3, 0.4) is 0 Å². The highest BCUT2D eigenvalue weighted by Gasteiger charge is 2.27. The number of morpholine rings is 1. The van der Waals surface area contributed by atoms with Gasteiger partial charge in [0, 0.05) is 25.2 Å². The number of furan rings is 1. The normalized spacial score (nSPS) is 15.4. The van der Waals surface area contributed by atoms with Crippen LogP contribution in [0.5, 0.6) is 0 Å². The molecule has 2 amide bonds. The Morgan fingerprint density at radius 3 is 2.44 bits per heavy atom. The first-order valence-corrected chi connectivity index (χ1v) is 12.2. The van der Waals surface area contributed by atoms with Crippen molar-refractivity contribution in [1.82, 2.24) is 9.62 Å². The minimum Gasteiger partial charge on any atom is -0.459 e. The molecule has 3 aromatic rings. The number of ether oxygens (including phenoxy) is 1. The molecule has 2 N–H and O–H groups in total. The number of benzene rings is 2. The first-order chi connectivity index (χ1) is 16.4. The molecule has 1 fully saturated rings. The van der Waals surface area contributed by atoms with E-state index in [1.54, 1.807) is 18.2 Å². The van der Waals surface area contributed by atoms with Gasteiger partial charge in [-0.3, -0.25) is 9.59 Å². The fourth-order valence-corrected chi connectivity index (χ4v) is 5.05. The van der Waals surface area contributed by atoms with Crippen molar-refractivity contribution >= 4 is 27.5 Å². The number of carbonyl (C=O) groups excluding carboxylic acids is 2. The van der Waals surface area contributed by atoms with E-state index < -0.39 is 27.9 Å². The summed E-state index contributed by atoms with van der Waals surface area (Å²) < 4.78 is 37.7. The van der Waals surface area contributed by atoms with Crippen molar-refractivity contribution in [2.45, 2.75) is 17.4 Å². The van der Waals surface area contributed by atoms with Gasteiger partial charge in [0.1, 0.15) is 6.04 Å². The van der Waals surface area contributed by atoms with Gasteiger partial charge in [0.2, 0.25) is 15.9 Å². The molecule has 0 bridgehead atoms. The lowest BCUT2D eigenvalue weighted by Crippen LogP contribution is -2.45. The summed E-state index contributed by atoms with van der Waals surface area (Å²) in [6.45, 7) is 1.23. The molecule has 2 aromatic carbocycles. The lowest BCUT2D eigenvalue weighted by molar-refractivity contribution is -0.118. The van der Waals surface area contributed by atoms with Crippen molar-refractivity contribution in [3.63, 3.8) is 0 Å². The fraction of sp³-hybridized carbons (Fsp3) is 0.250. The molecule has 34 heavy (non-hydrogen) atoms. The van der Waals surface area contributed by atoms with E-state index >= 15 is 0 Å². The van der Waals surface area contributed by atoms with E-state index in [0.29, 0.717) is 18.9 Å². The zero-order valence-electron chi connectivity index (χ0n) is 18.3. The molecular formula is C24H25N3O6S. The highest BCUT2D eigenvalue weighted by molar-refractivity contribution is 7.89. The third kappa shape index (κ3) is 5.71. The number of sulfonamides is 1. The van der Waals surface area contributed by atoms with Gasteiger partial charge in [0.25, 0.3) is 5.91 Å². The molecule has 10 heteroatoms.